The number of ether oxygens (including phenoxy) is 3. The number of nitrogens with one attached hydrogen (secondary N) is 1. The number of nitrogens with zero attached hydrogens (tertiary/aromatic N) is 2. The number of phenolic OH excluding ortho intramolecular Hbond substituents is 1. The van der Waals surface area contributed by atoms with Gasteiger partial charge in [0.1, 0.15) is 17.4 Å². The van der Waals surface area contributed by atoms with Crippen LogP contribution in [0.15, 0.2) is 50.7 Å². The van der Waals surface area contributed by atoms with Gasteiger partial charge in [-0.05, 0) is 67.8 Å². The zero-order chi connectivity index (χ0) is 21.0. The van der Waals surface area contributed by atoms with Gasteiger partial charge in [-0.2, -0.15) is 5.26 Å². The van der Waals surface area contributed by atoms with E-state index in [0.717, 1.165) is 11.1 Å². The Morgan fingerprint density at radius 3 is 2.63 bits per heavy atom. The number of hydrogen-bond acceptors (Lipinski definition) is 7. The van der Waals surface area contributed by atoms with Crippen molar-refractivity contribution >= 4 is 31.9 Å². The molecule has 4 N–H and O–H groups in total. The van der Waals surface area contributed by atoms with Crippen LogP contribution in [0.25, 0.3) is 11.3 Å². The topological polar surface area (TPSA) is 126 Å². The molecule has 10 heteroatoms. The first-order valence-electron chi connectivity index (χ1n) is 8.71. The molecule has 1 atom stereocenters. The van der Waals surface area contributed by atoms with Crippen molar-refractivity contribution in [2.24, 2.45) is 5.73 Å². The smallest absolute Gasteiger partial charge is 0.244 e. The molecule has 3 heterocycles. The van der Waals surface area contributed by atoms with Crippen molar-refractivity contribution in [2.45, 2.75) is 5.92 Å². The van der Waals surface area contributed by atoms with Crippen LogP contribution in [0.4, 0.5) is 0 Å². The first-order valence-corrected chi connectivity index (χ1v) is 10.3. The third-order valence-corrected chi connectivity index (χ3v) is 6.18. The van der Waals surface area contributed by atoms with Gasteiger partial charge < -0.3 is 25.1 Å². The van der Waals surface area contributed by atoms with Gasteiger partial charge in [-0.1, -0.05) is 0 Å². The first kappa shape index (κ1) is 18.8. The van der Waals surface area contributed by atoms with E-state index in [1.165, 1.54) is 0 Å². The number of aromatic amines is 1. The van der Waals surface area contributed by atoms with Gasteiger partial charge in [-0.25, -0.2) is 0 Å². The molecule has 0 aliphatic carbocycles. The van der Waals surface area contributed by atoms with E-state index in [-0.39, 0.29) is 29.9 Å². The van der Waals surface area contributed by atoms with Crippen LogP contribution in [0.2, 0.25) is 0 Å². The Labute approximate surface area is 187 Å². The van der Waals surface area contributed by atoms with Crippen LogP contribution >= 0.6 is 31.9 Å². The molecule has 0 saturated carbocycles. The summed E-state index contributed by atoms with van der Waals surface area (Å²) in [4.78, 5) is 0. The molecule has 150 valence electrons. The average Bonchev–Trinajstić information content (AvgIpc) is 3.36. The molecular weight excluding hydrogens is 520 g/mol. The largest absolute Gasteiger partial charge is 0.506 e. The Morgan fingerprint density at radius 2 is 1.90 bits per heavy atom. The van der Waals surface area contributed by atoms with Crippen LogP contribution in [0.1, 0.15) is 17.0 Å². The second-order valence-electron chi connectivity index (χ2n) is 6.64. The van der Waals surface area contributed by atoms with E-state index in [4.69, 9.17) is 19.9 Å². The highest BCUT2D eigenvalue weighted by Crippen LogP contribution is 2.48. The minimum absolute atomic E-state index is 0.0148. The van der Waals surface area contributed by atoms with Gasteiger partial charge >= 0.3 is 0 Å². The third-order valence-electron chi connectivity index (χ3n) is 4.97. The zero-order valence-electron chi connectivity index (χ0n) is 15.1. The SMILES string of the molecule is N#CC1=C(N)Oc2n[nH]c(-c3ccc4c(c3)OCO4)c2[C@@H]1c1cc(Br)c(O)c(Br)c1. The first-order chi connectivity index (χ1) is 14.5. The summed E-state index contributed by atoms with van der Waals surface area (Å²) in [6.07, 6.45) is 0. The van der Waals surface area contributed by atoms with Crippen molar-refractivity contribution in [1.29, 1.82) is 5.26 Å². The normalized spacial score (nSPS) is 16.8. The van der Waals surface area contributed by atoms with Crippen LogP contribution in [0.3, 0.4) is 0 Å². The number of hydrogen-bond donors (Lipinski definition) is 3. The highest BCUT2D eigenvalue weighted by Gasteiger charge is 2.36. The van der Waals surface area contributed by atoms with Crippen LogP contribution in [0, 0.1) is 11.3 Å². The van der Waals surface area contributed by atoms with E-state index in [9.17, 15) is 10.4 Å². The molecule has 0 amide bonds. The van der Waals surface area contributed by atoms with Crippen molar-refractivity contribution < 1.29 is 19.3 Å². The van der Waals surface area contributed by atoms with Crippen LogP contribution < -0.4 is 19.9 Å². The van der Waals surface area contributed by atoms with Gasteiger partial charge in [-0.15, -0.1) is 5.10 Å². The molecule has 0 unspecified atom stereocenters. The van der Waals surface area contributed by atoms with Gasteiger partial charge in [0.05, 0.1) is 26.1 Å². The molecule has 0 bridgehead atoms. The molecule has 0 spiro atoms. The minimum Gasteiger partial charge on any atom is -0.506 e. The fourth-order valence-corrected chi connectivity index (χ4v) is 4.82. The zero-order valence-corrected chi connectivity index (χ0v) is 18.2. The number of rotatable bonds is 2. The van der Waals surface area contributed by atoms with Crippen molar-refractivity contribution in [3.63, 3.8) is 0 Å². The van der Waals surface area contributed by atoms with Crippen LogP contribution in [-0.2, 0) is 0 Å². The Kier molecular flexibility index (Phi) is 4.38. The van der Waals surface area contributed by atoms with Crippen molar-refractivity contribution in [3.8, 4) is 40.5 Å². The molecule has 0 saturated heterocycles. The quantitative estimate of drug-likeness (QED) is 0.451. The fourth-order valence-electron chi connectivity index (χ4n) is 3.60. The standard InChI is InChI=1S/C20H12Br2N4O4/c21-11-3-9(4-12(22)18(11)27)15-10(6-23)19(24)30-20-16(15)17(25-26-20)8-1-2-13-14(5-8)29-7-28-13/h1-5,15,27H,7,24H2,(H,25,26)/t15-/m1/s1. The number of nitrogens with two attached hydrogens (primary N) is 1. The molecule has 0 radical (unpaired) electrons. The average molecular weight is 532 g/mol. The monoisotopic (exact) mass is 530 g/mol. The Morgan fingerprint density at radius 1 is 1.17 bits per heavy atom. The highest BCUT2D eigenvalue weighted by atomic mass is 79.9. The maximum atomic E-state index is 10.1. The minimum atomic E-state index is -0.564. The van der Waals surface area contributed by atoms with Crippen molar-refractivity contribution in [1.82, 2.24) is 10.2 Å². The number of nitriles is 1. The van der Waals surface area contributed by atoms with Crippen molar-refractivity contribution in [3.05, 3.63) is 61.9 Å². The summed E-state index contributed by atoms with van der Waals surface area (Å²) in [5.74, 6) is 1.04. The van der Waals surface area contributed by atoms with Gasteiger partial charge in [-0.3, -0.25) is 5.10 Å². The molecule has 30 heavy (non-hydrogen) atoms. The summed E-state index contributed by atoms with van der Waals surface area (Å²) in [7, 11) is 0. The summed E-state index contributed by atoms with van der Waals surface area (Å²) in [6.45, 7) is 0.166. The van der Waals surface area contributed by atoms with Crippen LogP contribution in [-0.4, -0.2) is 22.1 Å². The van der Waals surface area contributed by atoms with E-state index in [0.29, 0.717) is 31.7 Å². The number of H-pyrrole nitrogens is 1. The molecule has 0 fully saturated rings. The van der Waals surface area contributed by atoms with Gasteiger partial charge in [0.15, 0.2) is 11.5 Å². The molecule has 2 aliphatic rings. The number of fused-ring (bicyclic) bond motifs is 2. The molecule has 5 rings (SSSR count). The van der Waals surface area contributed by atoms with E-state index < -0.39 is 5.92 Å². The second-order valence-corrected chi connectivity index (χ2v) is 8.35. The molecule has 2 aromatic carbocycles. The van der Waals surface area contributed by atoms with Crippen LogP contribution in [0.5, 0.6) is 23.1 Å². The molecule has 8 nitrogen and oxygen atoms in total. The van der Waals surface area contributed by atoms with E-state index in [2.05, 4.69) is 48.1 Å². The summed E-state index contributed by atoms with van der Waals surface area (Å²) >= 11 is 6.71. The number of aromatic nitrogens is 2. The highest BCUT2D eigenvalue weighted by molar-refractivity contribution is 9.11. The molecular formula is C20H12Br2N4O4. The fraction of sp³-hybridized carbons (Fsp3) is 0.100. The molecule has 3 aromatic rings. The van der Waals surface area contributed by atoms with E-state index in [1.54, 1.807) is 12.1 Å². The Balaban J connectivity index is 1.73. The van der Waals surface area contributed by atoms with Gasteiger partial charge in [0, 0.05) is 5.56 Å². The predicted octanol–water partition coefficient (Wildman–Crippen LogP) is 4.25. The number of allylic oxidation sites excluding steroid dienone is 1. The number of benzene rings is 2. The maximum Gasteiger partial charge on any atom is 0.244 e. The van der Waals surface area contributed by atoms with Crippen molar-refractivity contribution in [2.75, 3.05) is 6.79 Å². The Hall–Kier alpha value is -3.16. The molecule has 2 aliphatic heterocycles. The Bertz CT molecular complexity index is 1260. The second kappa shape index (κ2) is 6.97. The lowest BCUT2D eigenvalue weighted by Crippen LogP contribution is -2.21. The summed E-state index contributed by atoms with van der Waals surface area (Å²) < 4.78 is 17.5. The molecule has 1 aromatic heterocycles. The number of phenols is 1. The van der Waals surface area contributed by atoms with Gasteiger partial charge in [0.25, 0.3) is 0 Å². The number of aromatic hydroxyl groups is 1. The third kappa shape index (κ3) is 2.81. The lowest BCUT2D eigenvalue weighted by Gasteiger charge is -2.24. The van der Waals surface area contributed by atoms with E-state index in [1.807, 2.05) is 18.2 Å². The summed E-state index contributed by atoms with van der Waals surface area (Å²) in [6, 6.07) is 11.1. The lowest BCUT2D eigenvalue weighted by atomic mass is 9.83. The number of halogens is 2. The maximum absolute atomic E-state index is 10.1. The lowest BCUT2D eigenvalue weighted by molar-refractivity contribution is 0.174. The predicted molar refractivity (Wildman–Crippen MR) is 113 cm³/mol. The summed E-state index contributed by atoms with van der Waals surface area (Å²) in [5.41, 5.74) is 9.10. The van der Waals surface area contributed by atoms with Gasteiger partial charge in [0.2, 0.25) is 18.6 Å². The summed E-state index contributed by atoms with van der Waals surface area (Å²) in [5, 5.41) is 27.2. The van der Waals surface area contributed by atoms with E-state index >= 15 is 0 Å².